The fourth-order valence-corrected chi connectivity index (χ4v) is 7.89. The predicted octanol–water partition coefficient (Wildman–Crippen LogP) is 4.48. The van der Waals surface area contributed by atoms with Gasteiger partial charge in [0.1, 0.15) is 17.1 Å². The molecule has 3 aliphatic heterocycles. The number of hydrogen-bond donors (Lipinski definition) is 2. The first-order valence-corrected chi connectivity index (χ1v) is 18.9. The Bertz CT molecular complexity index is 2270. The molecule has 0 aliphatic carbocycles. The van der Waals surface area contributed by atoms with Crippen molar-refractivity contribution in [2.24, 2.45) is 5.92 Å². The first kappa shape index (κ1) is 36.1. The maximum Gasteiger partial charge on any atom is 0.261 e. The Morgan fingerprint density at radius 2 is 1.82 bits per heavy atom. The monoisotopic (exact) mass is 750 g/mol. The molecule has 8 rings (SSSR count). The predicted molar refractivity (Wildman–Crippen MR) is 199 cm³/mol. The number of ether oxygens (including phenoxy) is 1. The fraction of sp³-hybridized carbons (Fsp3) is 0.436. The van der Waals surface area contributed by atoms with Crippen LogP contribution < -0.4 is 20.3 Å². The van der Waals surface area contributed by atoms with E-state index in [1.54, 1.807) is 41.4 Å². The van der Waals surface area contributed by atoms with E-state index >= 15 is 4.39 Å². The minimum Gasteiger partial charge on any atom is -0.490 e. The molecule has 5 aromatic heterocycles. The van der Waals surface area contributed by atoms with Crippen molar-refractivity contribution in [1.82, 2.24) is 39.2 Å². The van der Waals surface area contributed by atoms with Gasteiger partial charge in [-0.1, -0.05) is 0 Å². The Hall–Kier alpha value is -5.93. The molecular weight excluding hydrogens is 707 g/mol. The summed E-state index contributed by atoms with van der Waals surface area (Å²) >= 11 is 0. The molecule has 3 saturated heterocycles. The molecule has 5 aromatic rings. The Balaban J connectivity index is 0.856. The number of carbonyl (C=O) groups excluding carboxylic acids is 4. The van der Waals surface area contributed by atoms with E-state index in [0.29, 0.717) is 72.9 Å². The topological polar surface area (TPSA) is 168 Å². The number of anilines is 2. The van der Waals surface area contributed by atoms with Crippen LogP contribution in [0.4, 0.5) is 15.9 Å². The zero-order valence-electron chi connectivity index (χ0n) is 30.8. The van der Waals surface area contributed by atoms with Crippen LogP contribution in [0.5, 0.6) is 5.75 Å². The lowest BCUT2D eigenvalue weighted by Crippen LogP contribution is -2.41. The van der Waals surface area contributed by atoms with Crippen molar-refractivity contribution in [3.8, 4) is 5.75 Å². The molecule has 15 nitrogen and oxygen atoms in total. The normalized spacial score (nSPS) is 18.7. The maximum absolute atomic E-state index is 15.2. The molecule has 0 radical (unpaired) electrons. The number of halogens is 1. The summed E-state index contributed by atoms with van der Waals surface area (Å²) in [5.41, 5.74) is 3.43. The fourth-order valence-electron chi connectivity index (χ4n) is 7.89. The Morgan fingerprint density at radius 3 is 2.56 bits per heavy atom. The quantitative estimate of drug-likeness (QED) is 0.205. The molecule has 4 amide bonds. The van der Waals surface area contributed by atoms with Crippen molar-refractivity contribution in [2.45, 2.75) is 76.7 Å². The third-order valence-corrected chi connectivity index (χ3v) is 10.8. The third-order valence-electron chi connectivity index (χ3n) is 10.8. The number of pyridine rings is 2. The lowest BCUT2D eigenvalue weighted by Gasteiger charge is -2.35. The molecule has 16 heteroatoms. The van der Waals surface area contributed by atoms with Gasteiger partial charge in [0.15, 0.2) is 17.3 Å². The maximum atomic E-state index is 15.2. The Labute approximate surface area is 316 Å². The van der Waals surface area contributed by atoms with Crippen molar-refractivity contribution >= 4 is 46.4 Å². The third kappa shape index (κ3) is 7.57. The van der Waals surface area contributed by atoms with Crippen molar-refractivity contribution in [2.75, 3.05) is 36.4 Å². The number of nitrogens with one attached hydrogen (secondary N) is 2. The number of nitrogens with zero attached hydrogens (tertiary/aromatic N) is 8. The summed E-state index contributed by atoms with van der Waals surface area (Å²) in [6.45, 7) is 6.24. The molecule has 0 spiro atoms. The van der Waals surface area contributed by atoms with Crippen LogP contribution in [0.2, 0.25) is 0 Å². The van der Waals surface area contributed by atoms with Gasteiger partial charge >= 0.3 is 0 Å². The molecule has 1 unspecified atom stereocenters. The second-order valence-electron chi connectivity index (χ2n) is 14.9. The highest BCUT2D eigenvalue weighted by Crippen LogP contribution is 2.33. The van der Waals surface area contributed by atoms with Crippen molar-refractivity contribution in [1.29, 1.82) is 0 Å². The minimum atomic E-state index is -0.588. The lowest BCUT2D eigenvalue weighted by molar-refractivity contribution is -0.135. The zero-order valence-corrected chi connectivity index (χ0v) is 30.8. The average molecular weight is 751 g/mol. The van der Waals surface area contributed by atoms with E-state index in [1.165, 1.54) is 12.3 Å². The van der Waals surface area contributed by atoms with Crippen molar-refractivity contribution in [3.05, 3.63) is 78.0 Å². The van der Waals surface area contributed by atoms with Gasteiger partial charge in [0.25, 0.3) is 5.91 Å². The van der Waals surface area contributed by atoms with Crippen LogP contribution in [-0.2, 0) is 14.4 Å². The van der Waals surface area contributed by atoms with Crippen LogP contribution in [-0.4, -0.2) is 89.8 Å². The molecule has 2 N–H and O–H groups in total. The molecule has 3 fully saturated rings. The van der Waals surface area contributed by atoms with Crippen LogP contribution in [0.25, 0.3) is 11.3 Å². The number of rotatable bonds is 9. The Kier molecular flexibility index (Phi) is 9.88. The van der Waals surface area contributed by atoms with E-state index in [4.69, 9.17) is 9.72 Å². The number of piperidine rings is 3. The summed E-state index contributed by atoms with van der Waals surface area (Å²) < 4.78 is 24.7. The standard InChI is InChI=1S/C39H43FN10O5/c1-23(2)55-32-18-33-44-31(22-49(33)21-28(32)39(54)45-30-20-43-50-11-3-10-41-37(30)50)25-8-14-47(15-9-25)35(52)16-24-6-12-48(13-7-24)36-29(40)17-26(19-42-36)27-4-5-34(51)46-38(27)53/h3,10-11,17-25,27H,4-9,12-16H2,1-2H3,(H,45,54)(H,46,51,53). The number of carbonyl (C=O) groups is 4. The van der Waals surface area contributed by atoms with Crippen LogP contribution in [0.1, 0.15) is 92.2 Å². The first-order valence-electron chi connectivity index (χ1n) is 18.9. The molecule has 8 heterocycles. The van der Waals surface area contributed by atoms with E-state index in [1.807, 2.05) is 34.2 Å². The number of likely N-dealkylation sites (tertiary alicyclic amines) is 1. The minimum absolute atomic E-state index is 0.136. The van der Waals surface area contributed by atoms with Crippen molar-refractivity contribution < 1.29 is 28.3 Å². The number of imidazole rings is 1. The van der Waals surface area contributed by atoms with Gasteiger partial charge in [-0.15, -0.1) is 0 Å². The number of aromatic nitrogens is 6. The molecule has 286 valence electrons. The number of fused-ring (bicyclic) bond motifs is 2. The van der Waals surface area contributed by atoms with Gasteiger partial charge in [-0.2, -0.15) is 5.10 Å². The SMILES string of the molecule is CC(C)Oc1cc2nc(C3CCN(C(=O)CC4CCN(c5ncc(C6CCC(=O)NC6=O)cc5F)CC4)CC3)cn2cc1C(=O)Nc1cnn2cccnc12. The number of hydrogen-bond acceptors (Lipinski definition) is 10. The van der Waals surface area contributed by atoms with E-state index < -0.39 is 17.6 Å². The highest BCUT2D eigenvalue weighted by Gasteiger charge is 2.32. The highest BCUT2D eigenvalue weighted by atomic mass is 19.1. The van der Waals surface area contributed by atoms with Gasteiger partial charge in [-0.3, -0.25) is 24.5 Å². The molecule has 0 saturated carbocycles. The molecular formula is C39H43FN10O5. The summed E-state index contributed by atoms with van der Waals surface area (Å²) in [6, 6.07) is 4.90. The van der Waals surface area contributed by atoms with Crippen LogP contribution in [0.3, 0.4) is 0 Å². The summed E-state index contributed by atoms with van der Waals surface area (Å²) in [5, 5.41) is 9.49. The van der Waals surface area contributed by atoms with E-state index in [9.17, 15) is 19.2 Å². The van der Waals surface area contributed by atoms with Gasteiger partial charge in [0, 0.05) is 82.0 Å². The second kappa shape index (κ2) is 15.1. The summed E-state index contributed by atoms with van der Waals surface area (Å²) in [4.78, 5) is 68.2. The average Bonchev–Trinajstić information content (AvgIpc) is 3.78. The zero-order chi connectivity index (χ0) is 38.2. The highest BCUT2D eigenvalue weighted by molar-refractivity contribution is 6.07. The van der Waals surface area contributed by atoms with Crippen molar-refractivity contribution in [3.63, 3.8) is 0 Å². The summed E-state index contributed by atoms with van der Waals surface area (Å²) in [5.74, 6) is -0.989. The first-order chi connectivity index (χ1) is 26.6. The molecule has 0 bridgehead atoms. The van der Waals surface area contributed by atoms with Crippen LogP contribution >= 0.6 is 0 Å². The van der Waals surface area contributed by atoms with Gasteiger partial charge < -0.3 is 24.3 Å². The Morgan fingerprint density at radius 1 is 1.02 bits per heavy atom. The molecule has 1 atom stereocenters. The lowest BCUT2D eigenvalue weighted by atomic mass is 9.90. The van der Waals surface area contributed by atoms with Gasteiger partial charge in [0.05, 0.1) is 29.5 Å². The number of imide groups is 1. The smallest absolute Gasteiger partial charge is 0.261 e. The summed E-state index contributed by atoms with van der Waals surface area (Å²) in [7, 11) is 0. The van der Waals surface area contributed by atoms with Gasteiger partial charge in [-0.25, -0.2) is 23.9 Å². The van der Waals surface area contributed by atoms with E-state index in [0.717, 1.165) is 31.4 Å². The second-order valence-corrected chi connectivity index (χ2v) is 14.9. The van der Waals surface area contributed by atoms with E-state index in [2.05, 4.69) is 25.7 Å². The van der Waals surface area contributed by atoms with E-state index in [-0.39, 0.29) is 47.9 Å². The molecule has 55 heavy (non-hydrogen) atoms. The van der Waals surface area contributed by atoms with Crippen LogP contribution in [0, 0.1) is 11.7 Å². The van der Waals surface area contributed by atoms with Gasteiger partial charge in [-0.05, 0) is 69.6 Å². The number of amides is 4. The van der Waals surface area contributed by atoms with Crippen LogP contribution in [0.15, 0.2) is 55.4 Å². The summed E-state index contributed by atoms with van der Waals surface area (Å²) in [6.07, 6.45) is 14.1. The largest absolute Gasteiger partial charge is 0.490 e. The van der Waals surface area contributed by atoms with Gasteiger partial charge in [0.2, 0.25) is 17.7 Å². The molecule has 3 aliphatic rings. The molecule has 0 aromatic carbocycles.